The monoisotopic (exact) mass is 405 g/mol. The minimum absolute atomic E-state index is 0.0413. The molecule has 0 radical (unpaired) electrons. The van der Waals surface area contributed by atoms with Crippen molar-refractivity contribution >= 4 is 11.8 Å². The molecule has 0 saturated carbocycles. The van der Waals surface area contributed by atoms with Crippen molar-refractivity contribution < 1.29 is 19.1 Å². The van der Waals surface area contributed by atoms with Gasteiger partial charge in [0.05, 0.1) is 14.2 Å². The van der Waals surface area contributed by atoms with Gasteiger partial charge >= 0.3 is 0 Å². The molecule has 7 heteroatoms. The normalized spacial score (nSPS) is 18.2. The van der Waals surface area contributed by atoms with E-state index in [2.05, 4.69) is 22.5 Å². The summed E-state index contributed by atoms with van der Waals surface area (Å²) in [7, 11) is 3.06. The van der Waals surface area contributed by atoms with E-state index in [1.165, 1.54) is 33.5 Å². The predicted octanol–water partition coefficient (Wildman–Crippen LogP) is 2.45. The first kappa shape index (κ1) is 23.0. The van der Waals surface area contributed by atoms with Crippen LogP contribution in [0.15, 0.2) is 18.2 Å². The molecule has 162 valence electrons. The largest absolute Gasteiger partial charge is 0.497 e. The Morgan fingerprint density at radius 2 is 1.79 bits per heavy atom. The van der Waals surface area contributed by atoms with Gasteiger partial charge in [0.1, 0.15) is 17.5 Å². The number of carbonyl (C=O) groups is 2. The highest BCUT2D eigenvalue weighted by molar-refractivity contribution is 5.98. The molecule has 1 heterocycles. The molecular formula is C22H35N3O4. The van der Waals surface area contributed by atoms with E-state index in [1.54, 1.807) is 18.2 Å². The standard InChI is InChI=1S/C22H35N3O4/c1-15(2)20(22(27)23-9-11-25-10-7-6-8-16(25)3)24-21(26)17-12-18(28-4)14-19(13-17)29-5/h12-16,20H,6-11H2,1-5H3,(H,23,27)(H,24,26)/t16-,20+/m1/s1. The third-order valence-corrected chi connectivity index (χ3v) is 5.49. The van der Waals surface area contributed by atoms with Crippen molar-refractivity contribution in [3.8, 4) is 11.5 Å². The van der Waals surface area contributed by atoms with Crippen LogP contribution >= 0.6 is 0 Å². The summed E-state index contributed by atoms with van der Waals surface area (Å²) in [5.41, 5.74) is 0.391. The number of carbonyl (C=O) groups excluding carboxylic acids is 2. The fraction of sp³-hybridized carbons (Fsp3) is 0.636. The third-order valence-electron chi connectivity index (χ3n) is 5.49. The van der Waals surface area contributed by atoms with E-state index in [0.29, 0.717) is 29.6 Å². The summed E-state index contributed by atoms with van der Waals surface area (Å²) in [6.07, 6.45) is 3.70. The van der Waals surface area contributed by atoms with Gasteiger partial charge in [-0.2, -0.15) is 0 Å². The first-order chi connectivity index (χ1) is 13.8. The fourth-order valence-electron chi connectivity index (χ4n) is 3.62. The summed E-state index contributed by atoms with van der Waals surface area (Å²) in [6.45, 7) is 8.57. The van der Waals surface area contributed by atoms with Crippen LogP contribution in [0.1, 0.15) is 50.4 Å². The van der Waals surface area contributed by atoms with Gasteiger partial charge in [-0.05, 0) is 44.4 Å². The van der Waals surface area contributed by atoms with Crippen LogP contribution in [0.5, 0.6) is 11.5 Å². The number of methoxy groups -OCH3 is 2. The van der Waals surface area contributed by atoms with Crippen LogP contribution in [-0.2, 0) is 4.79 Å². The summed E-state index contributed by atoms with van der Waals surface area (Å²) in [6, 6.07) is 4.91. The van der Waals surface area contributed by atoms with Gasteiger partial charge in [0.25, 0.3) is 5.91 Å². The van der Waals surface area contributed by atoms with Gasteiger partial charge in [-0.3, -0.25) is 14.5 Å². The number of nitrogens with one attached hydrogen (secondary N) is 2. The minimum Gasteiger partial charge on any atom is -0.497 e. The van der Waals surface area contributed by atoms with Gasteiger partial charge in [0.15, 0.2) is 0 Å². The van der Waals surface area contributed by atoms with Crippen LogP contribution in [0, 0.1) is 5.92 Å². The van der Waals surface area contributed by atoms with E-state index in [-0.39, 0.29) is 17.7 Å². The molecule has 7 nitrogen and oxygen atoms in total. The first-order valence-electron chi connectivity index (χ1n) is 10.4. The maximum absolute atomic E-state index is 12.8. The number of nitrogens with zero attached hydrogens (tertiary/aromatic N) is 1. The number of amides is 2. The highest BCUT2D eigenvalue weighted by Crippen LogP contribution is 2.22. The Bertz CT molecular complexity index is 670. The zero-order chi connectivity index (χ0) is 21.4. The number of rotatable bonds is 9. The minimum atomic E-state index is -0.613. The van der Waals surface area contributed by atoms with E-state index in [0.717, 1.165) is 13.1 Å². The summed E-state index contributed by atoms with van der Waals surface area (Å²) < 4.78 is 10.4. The van der Waals surface area contributed by atoms with Gasteiger partial charge < -0.3 is 20.1 Å². The van der Waals surface area contributed by atoms with Crippen molar-refractivity contribution in [1.29, 1.82) is 0 Å². The molecule has 0 aromatic heterocycles. The van der Waals surface area contributed by atoms with Crippen LogP contribution in [-0.4, -0.2) is 62.7 Å². The lowest BCUT2D eigenvalue weighted by Crippen LogP contribution is -2.51. The van der Waals surface area contributed by atoms with Crippen molar-refractivity contribution in [2.45, 2.75) is 52.1 Å². The molecule has 1 aromatic rings. The fourth-order valence-corrected chi connectivity index (χ4v) is 3.62. The van der Waals surface area contributed by atoms with Crippen molar-refractivity contribution in [1.82, 2.24) is 15.5 Å². The Kier molecular flexibility index (Phi) is 8.76. The molecule has 29 heavy (non-hydrogen) atoms. The van der Waals surface area contributed by atoms with Gasteiger partial charge in [0, 0.05) is 30.8 Å². The zero-order valence-electron chi connectivity index (χ0n) is 18.3. The Balaban J connectivity index is 1.96. The number of likely N-dealkylation sites (tertiary alicyclic amines) is 1. The Labute approximate surface area is 174 Å². The van der Waals surface area contributed by atoms with Crippen molar-refractivity contribution in [3.05, 3.63) is 23.8 Å². The predicted molar refractivity (Wildman–Crippen MR) is 114 cm³/mol. The number of benzene rings is 1. The second-order valence-corrected chi connectivity index (χ2v) is 7.97. The Morgan fingerprint density at radius 1 is 1.14 bits per heavy atom. The van der Waals surface area contributed by atoms with E-state index >= 15 is 0 Å². The zero-order valence-corrected chi connectivity index (χ0v) is 18.3. The molecule has 1 fully saturated rings. The highest BCUT2D eigenvalue weighted by atomic mass is 16.5. The molecular weight excluding hydrogens is 370 g/mol. The van der Waals surface area contributed by atoms with E-state index in [1.807, 2.05) is 13.8 Å². The van der Waals surface area contributed by atoms with Crippen molar-refractivity contribution in [2.75, 3.05) is 33.9 Å². The number of ether oxygens (including phenoxy) is 2. The van der Waals surface area contributed by atoms with Crippen LogP contribution < -0.4 is 20.1 Å². The molecule has 2 N–H and O–H groups in total. The Morgan fingerprint density at radius 3 is 2.34 bits per heavy atom. The van der Waals surface area contributed by atoms with E-state index in [4.69, 9.17) is 9.47 Å². The van der Waals surface area contributed by atoms with Crippen molar-refractivity contribution in [3.63, 3.8) is 0 Å². The first-order valence-corrected chi connectivity index (χ1v) is 10.4. The molecule has 2 rings (SSSR count). The maximum Gasteiger partial charge on any atom is 0.252 e. The number of hydrogen-bond acceptors (Lipinski definition) is 5. The average Bonchev–Trinajstić information content (AvgIpc) is 2.72. The molecule has 1 saturated heterocycles. The van der Waals surface area contributed by atoms with Gasteiger partial charge in [0.2, 0.25) is 5.91 Å². The lowest BCUT2D eigenvalue weighted by atomic mass is 10.0. The summed E-state index contributed by atoms with van der Waals surface area (Å²) in [5.74, 6) is 0.514. The SMILES string of the molecule is COc1cc(OC)cc(C(=O)N[C@H](C(=O)NCCN2CCCC[C@H]2C)C(C)C)c1. The van der Waals surface area contributed by atoms with Crippen LogP contribution in [0.4, 0.5) is 0 Å². The molecule has 2 amide bonds. The molecule has 0 aliphatic carbocycles. The van der Waals surface area contributed by atoms with Crippen LogP contribution in [0.25, 0.3) is 0 Å². The van der Waals surface area contributed by atoms with Crippen LogP contribution in [0.3, 0.4) is 0 Å². The van der Waals surface area contributed by atoms with E-state index < -0.39 is 6.04 Å². The molecule has 1 aromatic carbocycles. The molecule has 1 aliphatic heterocycles. The second kappa shape index (κ2) is 11.0. The van der Waals surface area contributed by atoms with E-state index in [9.17, 15) is 9.59 Å². The Hall–Kier alpha value is -2.28. The topological polar surface area (TPSA) is 79.9 Å². The molecule has 0 bridgehead atoms. The third kappa shape index (κ3) is 6.63. The van der Waals surface area contributed by atoms with Gasteiger partial charge in [-0.1, -0.05) is 20.3 Å². The molecule has 0 spiro atoms. The lowest BCUT2D eigenvalue weighted by Gasteiger charge is -2.33. The van der Waals surface area contributed by atoms with Crippen LogP contribution in [0.2, 0.25) is 0 Å². The molecule has 2 atom stereocenters. The molecule has 1 aliphatic rings. The smallest absolute Gasteiger partial charge is 0.252 e. The summed E-state index contributed by atoms with van der Waals surface area (Å²) in [5, 5.41) is 5.85. The van der Waals surface area contributed by atoms with Crippen molar-refractivity contribution in [2.24, 2.45) is 5.92 Å². The summed E-state index contributed by atoms with van der Waals surface area (Å²) >= 11 is 0. The quantitative estimate of drug-likeness (QED) is 0.660. The highest BCUT2D eigenvalue weighted by Gasteiger charge is 2.25. The van der Waals surface area contributed by atoms with Gasteiger partial charge in [-0.25, -0.2) is 0 Å². The average molecular weight is 406 g/mol. The second-order valence-electron chi connectivity index (χ2n) is 7.97. The number of piperidine rings is 1. The number of hydrogen-bond donors (Lipinski definition) is 2. The lowest BCUT2D eigenvalue weighted by molar-refractivity contribution is -0.124. The van der Waals surface area contributed by atoms with Gasteiger partial charge in [-0.15, -0.1) is 0 Å². The molecule has 0 unspecified atom stereocenters. The summed E-state index contributed by atoms with van der Waals surface area (Å²) in [4.78, 5) is 27.9. The maximum atomic E-state index is 12.8.